The van der Waals surface area contributed by atoms with Crippen molar-refractivity contribution in [3.8, 4) is 0 Å². The normalized spacial score (nSPS) is 23.1. The summed E-state index contributed by atoms with van der Waals surface area (Å²) in [6, 6.07) is 18.5. The second kappa shape index (κ2) is 3.94. The molecule has 4 rings (SSSR count). The zero-order valence-electron chi connectivity index (χ0n) is 11.3. The van der Waals surface area contributed by atoms with Gasteiger partial charge in [0.1, 0.15) is 0 Å². The first-order valence-electron chi connectivity index (χ1n) is 7.24. The second-order valence-corrected chi connectivity index (χ2v) is 5.97. The maximum atomic E-state index is 3.81. The molecule has 0 bridgehead atoms. The maximum absolute atomic E-state index is 3.81. The van der Waals surface area contributed by atoms with Crippen LogP contribution in [0.25, 0.3) is 0 Å². The third-order valence-electron chi connectivity index (χ3n) is 4.72. The van der Waals surface area contributed by atoms with E-state index < -0.39 is 0 Å². The fourth-order valence-electron chi connectivity index (χ4n) is 3.96. The number of benzene rings is 2. The fourth-order valence-corrected chi connectivity index (χ4v) is 3.96. The Balaban J connectivity index is 1.97. The third-order valence-corrected chi connectivity index (χ3v) is 4.72. The minimum atomic E-state index is 0.0725. The molecule has 19 heavy (non-hydrogen) atoms. The molecule has 1 spiro atoms. The van der Waals surface area contributed by atoms with Crippen LogP contribution in [0.5, 0.6) is 0 Å². The van der Waals surface area contributed by atoms with Crippen LogP contribution in [0.15, 0.2) is 48.5 Å². The summed E-state index contributed by atoms with van der Waals surface area (Å²) in [5.74, 6) is 0. The van der Waals surface area contributed by atoms with Crippen LogP contribution >= 0.6 is 0 Å². The summed E-state index contributed by atoms with van der Waals surface area (Å²) in [5.41, 5.74) is 6.09. The molecule has 0 saturated carbocycles. The Morgan fingerprint density at radius 1 is 0.895 bits per heavy atom. The van der Waals surface area contributed by atoms with Crippen molar-refractivity contribution in [2.45, 2.75) is 37.8 Å². The average Bonchev–Trinajstić information content (AvgIpc) is 2.55. The Bertz CT molecular complexity index is 574. The van der Waals surface area contributed by atoms with Crippen molar-refractivity contribution in [2.75, 3.05) is 0 Å². The quantitative estimate of drug-likeness (QED) is 0.754. The van der Waals surface area contributed by atoms with E-state index in [1.807, 2.05) is 0 Å². The first-order valence-corrected chi connectivity index (χ1v) is 7.24. The summed E-state index contributed by atoms with van der Waals surface area (Å²) < 4.78 is 0. The van der Waals surface area contributed by atoms with Gasteiger partial charge >= 0.3 is 0 Å². The number of hydrogen-bond acceptors (Lipinski definition) is 1. The lowest BCUT2D eigenvalue weighted by Gasteiger charge is -2.50. The fraction of sp³-hybridized carbons (Fsp3) is 0.333. The highest BCUT2D eigenvalue weighted by molar-refractivity contribution is 5.51. The Labute approximate surface area is 114 Å². The highest BCUT2D eigenvalue weighted by Crippen LogP contribution is 2.45. The molecule has 1 aliphatic carbocycles. The van der Waals surface area contributed by atoms with Crippen LogP contribution in [0.2, 0.25) is 0 Å². The van der Waals surface area contributed by atoms with Crippen molar-refractivity contribution in [3.05, 3.63) is 70.8 Å². The molecule has 1 unspecified atom stereocenters. The third kappa shape index (κ3) is 1.51. The molecule has 1 aliphatic heterocycles. The molecule has 1 saturated heterocycles. The van der Waals surface area contributed by atoms with E-state index >= 15 is 0 Å². The molecular weight excluding hydrogens is 230 g/mol. The zero-order chi connectivity index (χ0) is 12.9. The summed E-state index contributed by atoms with van der Waals surface area (Å²) >= 11 is 0. The monoisotopic (exact) mass is 249 g/mol. The van der Waals surface area contributed by atoms with E-state index in [1.54, 1.807) is 0 Å². The minimum Gasteiger partial charge on any atom is -0.301 e. The molecule has 2 aromatic rings. The Hall–Kier alpha value is -1.60. The molecule has 0 amide bonds. The van der Waals surface area contributed by atoms with Crippen molar-refractivity contribution in [1.82, 2.24) is 5.32 Å². The lowest BCUT2D eigenvalue weighted by Crippen LogP contribution is -2.60. The molecule has 0 radical (unpaired) electrons. The van der Waals surface area contributed by atoms with E-state index in [0.717, 1.165) is 12.8 Å². The van der Waals surface area contributed by atoms with Gasteiger partial charge in [-0.1, -0.05) is 48.5 Å². The number of fused-ring (bicyclic) bond motifs is 4. The van der Waals surface area contributed by atoms with Crippen molar-refractivity contribution in [3.63, 3.8) is 0 Å². The van der Waals surface area contributed by atoms with Crippen molar-refractivity contribution in [2.24, 2.45) is 0 Å². The van der Waals surface area contributed by atoms with Gasteiger partial charge in [0.2, 0.25) is 0 Å². The van der Waals surface area contributed by atoms with Gasteiger partial charge in [-0.3, -0.25) is 0 Å². The summed E-state index contributed by atoms with van der Waals surface area (Å²) in [5, 5.41) is 3.81. The zero-order valence-corrected chi connectivity index (χ0v) is 11.3. The topological polar surface area (TPSA) is 12.0 Å². The van der Waals surface area contributed by atoms with Gasteiger partial charge in [-0.05, 0) is 48.4 Å². The van der Waals surface area contributed by atoms with Crippen LogP contribution in [-0.4, -0.2) is 6.04 Å². The smallest absolute Gasteiger partial charge is 0.0712 e. The molecule has 1 fully saturated rings. The Kier molecular flexibility index (Phi) is 2.33. The van der Waals surface area contributed by atoms with Crippen molar-refractivity contribution in [1.29, 1.82) is 0 Å². The largest absolute Gasteiger partial charge is 0.301 e. The molecule has 1 heterocycles. The molecule has 1 heteroatoms. The van der Waals surface area contributed by atoms with Gasteiger partial charge < -0.3 is 5.32 Å². The molecule has 2 aromatic carbocycles. The summed E-state index contributed by atoms with van der Waals surface area (Å²) in [4.78, 5) is 0. The molecule has 1 nitrogen and oxygen atoms in total. The van der Waals surface area contributed by atoms with Gasteiger partial charge in [0.25, 0.3) is 0 Å². The number of rotatable bonds is 0. The van der Waals surface area contributed by atoms with E-state index in [4.69, 9.17) is 0 Å². The maximum Gasteiger partial charge on any atom is 0.0712 e. The standard InChI is InChI=1S/C18H19N/c1-13-12-18(19-13)16-8-4-2-6-14(16)10-11-15-7-3-5-9-17(15)18/h2-9,13,19H,10-12H2,1H3. The van der Waals surface area contributed by atoms with E-state index in [-0.39, 0.29) is 5.54 Å². The van der Waals surface area contributed by atoms with E-state index in [2.05, 4.69) is 60.8 Å². The summed E-state index contributed by atoms with van der Waals surface area (Å²) in [6.07, 6.45) is 3.52. The van der Waals surface area contributed by atoms with Gasteiger partial charge in [0.05, 0.1) is 5.54 Å². The highest BCUT2D eigenvalue weighted by atomic mass is 15.1. The van der Waals surface area contributed by atoms with Crippen LogP contribution in [0, 0.1) is 0 Å². The predicted octanol–water partition coefficient (Wildman–Crippen LogP) is 3.41. The van der Waals surface area contributed by atoms with E-state index in [9.17, 15) is 0 Å². The molecule has 96 valence electrons. The molecule has 2 aliphatic rings. The van der Waals surface area contributed by atoms with Gasteiger partial charge in [-0.25, -0.2) is 0 Å². The summed E-state index contributed by atoms with van der Waals surface area (Å²) in [7, 11) is 0. The second-order valence-electron chi connectivity index (χ2n) is 5.97. The van der Waals surface area contributed by atoms with Gasteiger partial charge in [-0.15, -0.1) is 0 Å². The van der Waals surface area contributed by atoms with Crippen LogP contribution in [-0.2, 0) is 18.4 Å². The lowest BCUT2D eigenvalue weighted by molar-refractivity contribution is 0.191. The van der Waals surface area contributed by atoms with Crippen LogP contribution in [0.3, 0.4) is 0 Å². The van der Waals surface area contributed by atoms with E-state index in [1.165, 1.54) is 28.7 Å². The molecular formula is C18H19N. The highest BCUT2D eigenvalue weighted by Gasteiger charge is 2.47. The Morgan fingerprint density at radius 3 is 1.84 bits per heavy atom. The average molecular weight is 249 g/mol. The minimum absolute atomic E-state index is 0.0725. The van der Waals surface area contributed by atoms with Gasteiger partial charge in [0, 0.05) is 6.04 Å². The molecule has 0 aromatic heterocycles. The first kappa shape index (κ1) is 11.2. The SMILES string of the molecule is CC1CC2(N1)c1ccccc1CCc1ccccc12. The summed E-state index contributed by atoms with van der Waals surface area (Å²) in [6.45, 7) is 2.28. The van der Waals surface area contributed by atoms with Gasteiger partial charge in [0.15, 0.2) is 0 Å². The van der Waals surface area contributed by atoms with Crippen LogP contribution in [0.4, 0.5) is 0 Å². The lowest BCUT2D eigenvalue weighted by atomic mass is 9.70. The van der Waals surface area contributed by atoms with E-state index in [0.29, 0.717) is 6.04 Å². The van der Waals surface area contributed by atoms with Crippen molar-refractivity contribution < 1.29 is 0 Å². The number of hydrogen-bond donors (Lipinski definition) is 1. The van der Waals surface area contributed by atoms with Crippen LogP contribution in [0.1, 0.15) is 35.6 Å². The number of nitrogens with one attached hydrogen (secondary N) is 1. The Morgan fingerprint density at radius 2 is 1.37 bits per heavy atom. The molecule has 1 N–H and O–H groups in total. The van der Waals surface area contributed by atoms with Gasteiger partial charge in [-0.2, -0.15) is 0 Å². The predicted molar refractivity (Wildman–Crippen MR) is 78.3 cm³/mol. The first-order chi connectivity index (χ1) is 9.29. The molecule has 1 atom stereocenters. The number of aryl methyl sites for hydroxylation is 2. The van der Waals surface area contributed by atoms with Crippen molar-refractivity contribution >= 4 is 0 Å². The van der Waals surface area contributed by atoms with Crippen LogP contribution < -0.4 is 5.32 Å².